The van der Waals surface area contributed by atoms with E-state index in [1.165, 1.54) is 0 Å². The Bertz CT molecular complexity index is 344. The van der Waals surface area contributed by atoms with Gasteiger partial charge in [-0.05, 0) is 12.3 Å². The number of ether oxygens (including phenoxy) is 2. The Morgan fingerprint density at radius 2 is 1.89 bits per heavy atom. The van der Waals surface area contributed by atoms with Gasteiger partial charge in [0.15, 0.2) is 0 Å². The van der Waals surface area contributed by atoms with Crippen molar-refractivity contribution in [3.8, 4) is 0 Å². The molecule has 0 aliphatic rings. The van der Waals surface area contributed by atoms with E-state index in [-0.39, 0.29) is 19.1 Å². The summed E-state index contributed by atoms with van der Waals surface area (Å²) in [6.45, 7) is 5.42. The normalized spacial score (nSPS) is 11.8. The summed E-state index contributed by atoms with van der Waals surface area (Å²) in [7, 11) is 0. The smallest absolute Gasteiger partial charge is 0.331 e. The third-order valence-electron chi connectivity index (χ3n) is 1.89. The van der Waals surface area contributed by atoms with Crippen molar-refractivity contribution < 1.29 is 29.0 Å². The van der Waals surface area contributed by atoms with Crippen LogP contribution in [0.4, 0.5) is 0 Å². The van der Waals surface area contributed by atoms with E-state index in [1.807, 2.05) is 6.92 Å². The van der Waals surface area contributed by atoms with Gasteiger partial charge in [-0.1, -0.05) is 13.5 Å². The predicted molar refractivity (Wildman–Crippen MR) is 62.7 cm³/mol. The number of rotatable bonds is 8. The number of hydrogen-bond acceptors (Lipinski definition) is 5. The summed E-state index contributed by atoms with van der Waals surface area (Å²) in [6, 6.07) is 0. The molecule has 18 heavy (non-hydrogen) atoms. The van der Waals surface area contributed by atoms with Crippen LogP contribution in [0, 0.1) is 5.92 Å². The van der Waals surface area contributed by atoms with Gasteiger partial charge in [0.05, 0.1) is 13.2 Å². The lowest BCUT2D eigenvalue weighted by atomic mass is 10.1. The van der Waals surface area contributed by atoms with Gasteiger partial charge in [0.25, 0.3) is 0 Å². The molecule has 6 nitrogen and oxygen atoms in total. The van der Waals surface area contributed by atoms with E-state index in [1.54, 1.807) is 0 Å². The van der Waals surface area contributed by atoms with Crippen LogP contribution in [0.3, 0.4) is 0 Å². The first kappa shape index (κ1) is 15.9. The predicted octanol–water partition coefficient (Wildman–Crippen LogP) is 0.926. The van der Waals surface area contributed by atoms with Gasteiger partial charge in [-0.2, -0.15) is 0 Å². The molecule has 0 aromatic heterocycles. The van der Waals surface area contributed by atoms with Crippen molar-refractivity contribution in [2.24, 2.45) is 5.92 Å². The maximum atomic E-state index is 11.0. The molecule has 0 bridgehead atoms. The van der Waals surface area contributed by atoms with E-state index in [9.17, 15) is 14.4 Å². The first-order chi connectivity index (χ1) is 8.45. The molecule has 1 unspecified atom stereocenters. The molecule has 6 heteroatoms. The lowest BCUT2D eigenvalue weighted by Crippen LogP contribution is -2.13. The quantitative estimate of drug-likeness (QED) is 0.513. The average Bonchev–Trinajstić information content (AvgIpc) is 2.33. The van der Waals surface area contributed by atoms with Gasteiger partial charge < -0.3 is 14.6 Å². The zero-order chi connectivity index (χ0) is 14.0. The molecule has 0 aliphatic carbocycles. The van der Waals surface area contributed by atoms with Crippen molar-refractivity contribution in [1.82, 2.24) is 0 Å². The monoisotopic (exact) mass is 256 g/mol. The number of esters is 2. The minimum Gasteiger partial charge on any atom is -0.478 e. The highest BCUT2D eigenvalue weighted by atomic mass is 16.5. The van der Waals surface area contributed by atoms with Crippen LogP contribution in [0.5, 0.6) is 0 Å². The molecule has 0 rings (SSSR count). The van der Waals surface area contributed by atoms with E-state index in [2.05, 4.69) is 6.58 Å². The van der Waals surface area contributed by atoms with E-state index >= 15 is 0 Å². The second-order valence-electron chi connectivity index (χ2n) is 3.57. The van der Waals surface area contributed by atoms with Crippen LogP contribution in [0.15, 0.2) is 24.8 Å². The van der Waals surface area contributed by atoms with Gasteiger partial charge in [0.2, 0.25) is 0 Å². The summed E-state index contributed by atoms with van der Waals surface area (Å²) < 4.78 is 9.55. The molecule has 0 aromatic rings. The molecule has 0 radical (unpaired) electrons. The average molecular weight is 256 g/mol. The molecule has 0 aliphatic heterocycles. The molecule has 1 atom stereocenters. The van der Waals surface area contributed by atoms with Gasteiger partial charge in [-0.25, -0.2) is 14.4 Å². The maximum absolute atomic E-state index is 11.0. The molecular formula is C12H16O6. The lowest BCUT2D eigenvalue weighted by molar-refractivity contribution is -0.141. The molecular weight excluding hydrogens is 240 g/mol. The Kier molecular flexibility index (Phi) is 7.92. The summed E-state index contributed by atoms with van der Waals surface area (Å²) in [5.74, 6) is -2.42. The van der Waals surface area contributed by atoms with Crippen molar-refractivity contribution in [1.29, 1.82) is 0 Å². The Balaban J connectivity index is 3.73. The molecule has 0 saturated heterocycles. The number of carboxylic acids is 1. The molecule has 100 valence electrons. The SMILES string of the molecule is C=CC(=O)OCCC(C)COC(=O)/C=C\C(=O)O. The standard InChI is InChI=1S/C12H16O6/c1-3-11(15)17-7-6-9(2)8-18-12(16)5-4-10(13)14/h3-5,9H,1,6-8H2,2H3,(H,13,14)/b5-4-. The van der Waals surface area contributed by atoms with Crippen LogP contribution in [0.25, 0.3) is 0 Å². The van der Waals surface area contributed by atoms with Gasteiger partial charge in [0, 0.05) is 18.2 Å². The number of carbonyl (C=O) groups excluding carboxylic acids is 2. The summed E-state index contributed by atoms with van der Waals surface area (Å²) >= 11 is 0. The number of carbonyl (C=O) groups is 3. The fraction of sp³-hybridized carbons (Fsp3) is 0.417. The summed E-state index contributed by atoms with van der Waals surface area (Å²) in [5, 5.41) is 8.28. The van der Waals surface area contributed by atoms with Gasteiger partial charge in [-0.3, -0.25) is 0 Å². The van der Waals surface area contributed by atoms with E-state index in [0.717, 1.165) is 12.2 Å². The third-order valence-corrected chi connectivity index (χ3v) is 1.89. The fourth-order valence-corrected chi connectivity index (χ4v) is 0.915. The van der Waals surface area contributed by atoms with Crippen LogP contribution < -0.4 is 0 Å². The highest BCUT2D eigenvalue weighted by Crippen LogP contribution is 2.03. The van der Waals surface area contributed by atoms with Crippen LogP contribution >= 0.6 is 0 Å². The van der Waals surface area contributed by atoms with Gasteiger partial charge in [0.1, 0.15) is 0 Å². The zero-order valence-corrected chi connectivity index (χ0v) is 10.1. The minimum absolute atomic E-state index is 0.00444. The highest BCUT2D eigenvalue weighted by molar-refractivity contribution is 5.90. The van der Waals surface area contributed by atoms with Crippen molar-refractivity contribution in [3.05, 3.63) is 24.8 Å². The molecule has 1 N–H and O–H groups in total. The molecule has 0 amide bonds. The molecule has 0 aromatic carbocycles. The summed E-state index contributed by atoms with van der Waals surface area (Å²) in [4.78, 5) is 31.9. The van der Waals surface area contributed by atoms with Crippen LogP contribution in [0.2, 0.25) is 0 Å². The third kappa shape index (κ3) is 9.14. The maximum Gasteiger partial charge on any atom is 0.331 e. The van der Waals surface area contributed by atoms with Crippen molar-refractivity contribution >= 4 is 17.9 Å². The van der Waals surface area contributed by atoms with E-state index < -0.39 is 17.9 Å². The number of hydrogen-bond donors (Lipinski definition) is 1. The first-order valence-electron chi connectivity index (χ1n) is 5.32. The van der Waals surface area contributed by atoms with Gasteiger partial charge in [-0.15, -0.1) is 0 Å². The minimum atomic E-state index is -1.21. The highest BCUT2D eigenvalue weighted by Gasteiger charge is 2.06. The number of carboxylic acid groups (broad SMARTS) is 1. The van der Waals surface area contributed by atoms with Crippen LogP contribution in [0.1, 0.15) is 13.3 Å². The summed E-state index contributed by atoms with van der Waals surface area (Å²) in [6.07, 6.45) is 3.16. The largest absolute Gasteiger partial charge is 0.478 e. The van der Waals surface area contributed by atoms with E-state index in [0.29, 0.717) is 12.5 Å². The Morgan fingerprint density at radius 1 is 1.22 bits per heavy atom. The van der Waals surface area contributed by atoms with Crippen molar-refractivity contribution in [2.75, 3.05) is 13.2 Å². The molecule has 0 spiro atoms. The summed E-state index contributed by atoms with van der Waals surface area (Å²) in [5.41, 5.74) is 0. The van der Waals surface area contributed by atoms with Crippen molar-refractivity contribution in [2.45, 2.75) is 13.3 Å². The zero-order valence-electron chi connectivity index (χ0n) is 10.1. The Hall–Kier alpha value is -2.11. The van der Waals surface area contributed by atoms with Crippen LogP contribution in [-0.2, 0) is 23.9 Å². The number of aliphatic carboxylic acids is 1. The topological polar surface area (TPSA) is 89.9 Å². The van der Waals surface area contributed by atoms with E-state index in [4.69, 9.17) is 14.6 Å². The fourth-order valence-electron chi connectivity index (χ4n) is 0.915. The van der Waals surface area contributed by atoms with Crippen LogP contribution in [-0.4, -0.2) is 36.2 Å². The molecule has 0 heterocycles. The second-order valence-corrected chi connectivity index (χ2v) is 3.57. The van der Waals surface area contributed by atoms with Gasteiger partial charge >= 0.3 is 17.9 Å². The molecule has 0 saturated carbocycles. The lowest BCUT2D eigenvalue weighted by Gasteiger charge is -2.10. The van der Waals surface area contributed by atoms with Crippen molar-refractivity contribution in [3.63, 3.8) is 0 Å². The molecule has 0 fully saturated rings. The Labute approximate surface area is 105 Å². The first-order valence-corrected chi connectivity index (χ1v) is 5.32. The second kappa shape index (κ2) is 8.98. The Morgan fingerprint density at radius 3 is 2.44 bits per heavy atom.